The van der Waals surface area contributed by atoms with E-state index in [-0.39, 0.29) is 6.10 Å². The van der Waals surface area contributed by atoms with Crippen LogP contribution in [0, 0.1) is 27.7 Å². The molecule has 2 aromatic carbocycles. The summed E-state index contributed by atoms with van der Waals surface area (Å²) in [6.45, 7) is 11.4. The van der Waals surface area contributed by atoms with Crippen molar-refractivity contribution in [1.82, 2.24) is 9.62 Å². The van der Waals surface area contributed by atoms with E-state index in [4.69, 9.17) is 4.74 Å². The SMILES string of the molecule is Cc1cc(C)c(C)c(S(=O)(=O)NCCCN2CCO[C@@H](c3ccccc3)C2)c1C. The molecule has 1 saturated heterocycles. The van der Waals surface area contributed by atoms with E-state index < -0.39 is 10.0 Å². The summed E-state index contributed by atoms with van der Waals surface area (Å²) in [5.41, 5.74) is 4.88. The number of hydrogen-bond acceptors (Lipinski definition) is 4. The average Bonchev–Trinajstić information content (AvgIpc) is 2.71. The van der Waals surface area contributed by atoms with Gasteiger partial charge in [0.05, 0.1) is 17.6 Å². The summed E-state index contributed by atoms with van der Waals surface area (Å²) >= 11 is 0. The van der Waals surface area contributed by atoms with Gasteiger partial charge in [0.15, 0.2) is 0 Å². The highest BCUT2D eigenvalue weighted by molar-refractivity contribution is 7.89. The molecule has 0 bridgehead atoms. The number of aryl methyl sites for hydroxylation is 2. The maximum absolute atomic E-state index is 12.9. The van der Waals surface area contributed by atoms with Crippen LogP contribution in [0.2, 0.25) is 0 Å². The number of benzene rings is 2. The standard InChI is InChI=1S/C23H32N2O3S/c1-17-15-18(2)20(4)23(19(17)3)29(26,27)24-11-8-12-25-13-14-28-22(16-25)21-9-6-5-7-10-21/h5-7,9-10,15,22,24H,8,11-14,16H2,1-4H3/t22-/m1/s1. The highest BCUT2D eigenvalue weighted by atomic mass is 32.2. The molecule has 1 N–H and O–H groups in total. The highest BCUT2D eigenvalue weighted by Crippen LogP contribution is 2.26. The van der Waals surface area contributed by atoms with Crippen molar-refractivity contribution in [3.8, 4) is 0 Å². The maximum Gasteiger partial charge on any atom is 0.241 e. The lowest BCUT2D eigenvalue weighted by molar-refractivity contribution is -0.0300. The van der Waals surface area contributed by atoms with E-state index in [1.165, 1.54) is 5.56 Å². The molecule has 158 valence electrons. The van der Waals surface area contributed by atoms with Gasteiger partial charge in [-0.3, -0.25) is 4.90 Å². The number of sulfonamides is 1. The smallest absolute Gasteiger partial charge is 0.241 e. The Morgan fingerprint density at radius 1 is 1.07 bits per heavy atom. The molecule has 0 amide bonds. The fourth-order valence-corrected chi connectivity index (χ4v) is 5.63. The van der Waals surface area contributed by atoms with Crippen LogP contribution in [0.3, 0.4) is 0 Å². The van der Waals surface area contributed by atoms with Crippen LogP contribution < -0.4 is 4.72 Å². The van der Waals surface area contributed by atoms with Crippen molar-refractivity contribution in [2.45, 2.75) is 45.1 Å². The molecule has 0 saturated carbocycles. The third kappa shape index (κ3) is 5.25. The molecule has 1 aliphatic heterocycles. The first kappa shape index (κ1) is 22.0. The molecule has 0 aliphatic carbocycles. The van der Waals surface area contributed by atoms with Gasteiger partial charge in [-0.1, -0.05) is 36.4 Å². The summed E-state index contributed by atoms with van der Waals surface area (Å²) in [6, 6.07) is 12.3. The van der Waals surface area contributed by atoms with Crippen molar-refractivity contribution < 1.29 is 13.2 Å². The van der Waals surface area contributed by atoms with E-state index in [0.717, 1.165) is 48.3 Å². The van der Waals surface area contributed by atoms with Gasteiger partial charge in [0.1, 0.15) is 0 Å². The highest BCUT2D eigenvalue weighted by Gasteiger charge is 2.23. The summed E-state index contributed by atoms with van der Waals surface area (Å²) < 4.78 is 34.6. The molecule has 2 aromatic rings. The second-order valence-electron chi connectivity index (χ2n) is 7.91. The zero-order valence-electron chi connectivity index (χ0n) is 17.9. The number of morpholine rings is 1. The maximum atomic E-state index is 12.9. The van der Waals surface area contributed by atoms with Crippen LogP contribution in [-0.4, -0.2) is 46.1 Å². The summed E-state index contributed by atoms with van der Waals surface area (Å²) in [5.74, 6) is 0. The third-order valence-corrected chi connectivity index (χ3v) is 7.57. The van der Waals surface area contributed by atoms with Crippen molar-refractivity contribution >= 4 is 10.0 Å². The third-order valence-electron chi connectivity index (χ3n) is 5.83. The predicted octanol–water partition coefficient (Wildman–Crippen LogP) is 3.66. The molecule has 1 fully saturated rings. The molecular formula is C23H32N2O3S. The van der Waals surface area contributed by atoms with Crippen molar-refractivity contribution in [2.75, 3.05) is 32.8 Å². The number of nitrogens with zero attached hydrogens (tertiary/aromatic N) is 1. The Morgan fingerprint density at radius 3 is 2.38 bits per heavy atom. The number of rotatable bonds is 7. The van der Waals surface area contributed by atoms with E-state index >= 15 is 0 Å². The van der Waals surface area contributed by atoms with E-state index in [1.54, 1.807) is 0 Å². The van der Waals surface area contributed by atoms with Gasteiger partial charge in [0, 0.05) is 19.6 Å². The lowest BCUT2D eigenvalue weighted by Gasteiger charge is -2.33. The van der Waals surface area contributed by atoms with Crippen LogP contribution in [0.1, 0.15) is 40.3 Å². The Labute approximate surface area is 175 Å². The Balaban J connectivity index is 1.55. The fourth-order valence-electron chi connectivity index (χ4n) is 3.94. The molecular weight excluding hydrogens is 384 g/mol. The molecule has 0 unspecified atom stereocenters. The van der Waals surface area contributed by atoms with Crippen LogP contribution >= 0.6 is 0 Å². The van der Waals surface area contributed by atoms with Gasteiger partial charge in [-0.15, -0.1) is 0 Å². The lowest BCUT2D eigenvalue weighted by atomic mass is 10.0. The van der Waals surface area contributed by atoms with Gasteiger partial charge in [-0.05, 0) is 68.5 Å². The van der Waals surface area contributed by atoms with Crippen molar-refractivity contribution in [1.29, 1.82) is 0 Å². The zero-order valence-corrected chi connectivity index (χ0v) is 18.7. The molecule has 0 radical (unpaired) electrons. The molecule has 1 heterocycles. The lowest BCUT2D eigenvalue weighted by Crippen LogP contribution is -2.40. The van der Waals surface area contributed by atoms with Crippen molar-refractivity contribution in [3.63, 3.8) is 0 Å². The van der Waals surface area contributed by atoms with Crippen molar-refractivity contribution in [3.05, 3.63) is 64.2 Å². The Bertz CT molecular complexity index is 916. The first-order chi connectivity index (χ1) is 13.8. The largest absolute Gasteiger partial charge is 0.371 e. The molecule has 29 heavy (non-hydrogen) atoms. The van der Waals surface area contributed by atoms with Gasteiger partial charge in [0.2, 0.25) is 10.0 Å². The van der Waals surface area contributed by atoms with E-state index in [2.05, 4.69) is 21.8 Å². The quantitative estimate of drug-likeness (QED) is 0.700. The Kier molecular flexibility index (Phi) is 7.11. The topological polar surface area (TPSA) is 58.6 Å². The minimum absolute atomic E-state index is 0.0854. The normalized spacial score (nSPS) is 18.1. The fraction of sp³-hybridized carbons (Fsp3) is 0.478. The predicted molar refractivity (Wildman–Crippen MR) is 117 cm³/mol. The van der Waals surface area contributed by atoms with Gasteiger partial charge in [-0.2, -0.15) is 0 Å². The molecule has 1 atom stereocenters. The summed E-state index contributed by atoms with van der Waals surface area (Å²) in [4.78, 5) is 2.79. The van der Waals surface area contributed by atoms with Gasteiger partial charge in [-0.25, -0.2) is 13.1 Å². The summed E-state index contributed by atoms with van der Waals surface area (Å²) in [5, 5.41) is 0. The number of nitrogens with one attached hydrogen (secondary N) is 1. The molecule has 3 rings (SSSR count). The number of ether oxygens (including phenoxy) is 1. The van der Waals surface area contributed by atoms with Gasteiger partial charge in [0.25, 0.3) is 0 Å². The second-order valence-corrected chi connectivity index (χ2v) is 9.62. The average molecular weight is 417 g/mol. The van der Waals surface area contributed by atoms with Crippen molar-refractivity contribution in [2.24, 2.45) is 0 Å². The van der Waals surface area contributed by atoms with E-state index in [0.29, 0.717) is 18.0 Å². The minimum Gasteiger partial charge on any atom is -0.371 e. The first-order valence-electron chi connectivity index (χ1n) is 10.3. The molecule has 5 nitrogen and oxygen atoms in total. The summed E-state index contributed by atoms with van der Waals surface area (Å²) in [7, 11) is -3.52. The molecule has 0 aromatic heterocycles. The zero-order chi connectivity index (χ0) is 21.0. The minimum atomic E-state index is -3.52. The monoisotopic (exact) mass is 416 g/mol. The molecule has 1 aliphatic rings. The van der Waals surface area contributed by atoms with Gasteiger partial charge < -0.3 is 4.74 Å². The van der Waals surface area contributed by atoms with E-state index in [9.17, 15) is 8.42 Å². The number of hydrogen-bond donors (Lipinski definition) is 1. The van der Waals surface area contributed by atoms with Crippen LogP contribution in [0.4, 0.5) is 0 Å². The van der Waals surface area contributed by atoms with E-state index in [1.807, 2.05) is 52.0 Å². The van der Waals surface area contributed by atoms with Gasteiger partial charge >= 0.3 is 0 Å². The van der Waals surface area contributed by atoms with Crippen LogP contribution in [0.15, 0.2) is 41.3 Å². The molecule has 0 spiro atoms. The second kappa shape index (κ2) is 9.39. The Morgan fingerprint density at radius 2 is 1.72 bits per heavy atom. The first-order valence-corrected chi connectivity index (χ1v) is 11.7. The summed E-state index contributed by atoms with van der Waals surface area (Å²) in [6.07, 6.45) is 0.853. The van der Waals surface area contributed by atoms with Crippen LogP contribution in [-0.2, 0) is 14.8 Å². The van der Waals surface area contributed by atoms with Crippen LogP contribution in [0.25, 0.3) is 0 Å². The molecule has 6 heteroatoms. The van der Waals surface area contributed by atoms with Crippen LogP contribution in [0.5, 0.6) is 0 Å². The Hall–Kier alpha value is -1.73.